The van der Waals surface area contributed by atoms with Gasteiger partial charge in [0, 0.05) is 20.7 Å². The fourth-order valence-electron chi connectivity index (χ4n) is 8.29. The minimum Gasteiger partial charge on any atom is -0.0888 e. The van der Waals surface area contributed by atoms with E-state index in [4.69, 9.17) is 0 Å². The van der Waals surface area contributed by atoms with Crippen molar-refractivity contribution in [2.45, 2.75) is 15.2 Å². The van der Waals surface area contributed by atoms with Crippen molar-refractivity contribution in [1.82, 2.24) is 0 Å². The molecule has 0 saturated carbocycles. The van der Waals surface area contributed by atoms with Gasteiger partial charge in [-0.15, -0.1) is 0 Å². The minimum atomic E-state index is -0.441. The Hall–Kier alpha value is -5.37. The van der Waals surface area contributed by atoms with Crippen LogP contribution in [-0.2, 0) is 5.41 Å². The topological polar surface area (TPSA) is 0 Å². The van der Waals surface area contributed by atoms with Crippen molar-refractivity contribution in [3.05, 3.63) is 192 Å². The SMILES string of the molecule is c1ccc(C2(c3ccc(-c4cccc5c4-c4cccc6cccc(c46)S5)cc3)c3ccccc3-c3ccc4ccccc4c32)cc1. The Morgan fingerprint density at radius 3 is 1.93 bits per heavy atom. The Kier molecular flexibility index (Phi) is 5.53. The molecule has 0 saturated heterocycles. The zero-order valence-corrected chi connectivity index (χ0v) is 25.9. The Labute approximate surface area is 273 Å². The first kappa shape index (κ1) is 25.9. The Morgan fingerprint density at radius 2 is 1.04 bits per heavy atom. The van der Waals surface area contributed by atoms with Gasteiger partial charge < -0.3 is 0 Å². The Balaban J connectivity index is 1.23. The summed E-state index contributed by atoms with van der Waals surface area (Å²) in [5.41, 5.74) is 12.7. The molecule has 10 rings (SSSR count). The minimum absolute atomic E-state index is 0.441. The van der Waals surface area contributed by atoms with E-state index in [1.54, 1.807) is 0 Å². The van der Waals surface area contributed by atoms with Crippen molar-refractivity contribution in [3.8, 4) is 33.4 Å². The summed E-state index contributed by atoms with van der Waals surface area (Å²) in [6, 6.07) is 63.3. The highest BCUT2D eigenvalue weighted by Crippen LogP contribution is 2.58. The van der Waals surface area contributed by atoms with Crippen LogP contribution in [0.3, 0.4) is 0 Å². The van der Waals surface area contributed by atoms with E-state index in [-0.39, 0.29) is 0 Å². The molecule has 214 valence electrons. The van der Waals surface area contributed by atoms with E-state index in [1.807, 2.05) is 11.8 Å². The molecule has 0 spiro atoms. The maximum Gasteiger partial charge on any atom is 0.0719 e. The second-order valence-electron chi connectivity index (χ2n) is 12.4. The Bertz CT molecular complexity index is 2480. The molecule has 8 aromatic carbocycles. The summed E-state index contributed by atoms with van der Waals surface area (Å²) >= 11 is 1.89. The van der Waals surface area contributed by atoms with E-state index in [0.717, 1.165) is 0 Å². The molecule has 0 N–H and O–H groups in total. The van der Waals surface area contributed by atoms with E-state index in [1.165, 1.54) is 87.0 Å². The fraction of sp³-hybridized carbons (Fsp3) is 0.0222. The second kappa shape index (κ2) is 9.81. The summed E-state index contributed by atoms with van der Waals surface area (Å²) in [5, 5.41) is 5.24. The lowest BCUT2D eigenvalue weighted by Crippen LogP contribution is -2.28. The maximum atomic E-state index is 2.39. The number of hydrogen-bond donors (Lipinski definition) is 0. The lowest BCUT2D eigenvalue weighted by Gasteiger charge is -2.35. The van der Waals surface area contributed by atoms with Gasteiger partial charge in [-0.25, -0.2) is 0 Å². The number of benzene rings is 8. The number of hydrogen-bond acceptors (Lipinski definition) is 1. The van der Waals surface area contributed by atoms with Crippen LogP contribution in [0.5, 0.6) is 0 Å². The molecule has 0 bridgehead atoms. The zero-order chi connectivity index (χ0) is 30.2. The molecule has 1 atom stereocenters. The molecule has 0 radical (unpaired) electrons. The van der Waals surface area contributed by atoms with Gasteiger partial charge in [-0.3, -0.25) is 0 Å². The molecule has 1 heteroatoms. The first-order valence-corrected chi connectivity index (χ1v) is 16.8. The highest BCUT2D eigenvalue weighted by Gasteiger charge is 2.47. The van der Waals surface area contributed by atoms with Crippen LogP contribution in [0, 0.1) is 0 Å². The van der Waals surface area contributed by atoms with Gasteiger partial charge in [-0.2, -0.15) is 0 Å². The van der Waals surface area contributed by atoms with Crippen LogP contribution in [0.2, 0.25) is 0 Å². The van der Waals surface area contributed by atoms with Crippen molar-refractivity contribution >= 4 is 33.3 Å². The molecular weight excluding hydrogens is 573 g/mol. The van der Waals surface area contributed by atoms with Crippen LogP contribution in [0.4, 0.5) is 0 Å². The lowest BCUT2D eigenvalue weighted by atomic mass is 9.66. The summed E-state index contributed by atoms with van der Waals surface area (Å²) in [4.78, 5) is 2.65. The third-order valence-corrected chi connectivity index (χ3v) is 11.3. The summed E-state index contributed by atoms with van der Waals surface area (Å²) in [5.74, 6) is 0. The maximum absolute atomic E-state index is 2.39. The quantitative estimate of drug-likeness (QED) is 0.194. The summed E-state index contributed by atoms with van der Waals surface area (Å²) in [6.45, 7) is 0. The molecule has 2 aliphatic rings. The van der Waals surface area contributed by atoms with Gasteiger partial charge in [0.2, 0.25) is 0 Å². The van der Waals surface area contributed by atoms with Gasteiger partial charge in [-0.1, -0.05) is 169 Å². The van der Waals surface area contributed by atoms with Gasteiger partial charge >= 0.3 is 0 Å². The normalized spacial score (nSPS) is 15.8. The van der Waals surface area contributed by atoms with E-state index < -0.39 is 5.41 Å². The molecule has 1 aliphatic heterocycles. The molecule has 46 heavy (non-hydrogen) atoms. The summed E-state index contributed by atoms with van der Waals surface area (Å²) in [6.07, 6.45) is 0. The third-order valence-electron chi connectivity index (χ3n) is 10.1. The molecule has 1 heterocycles. The van der Waals surface area contributed by atoms with Crippen LogP contribution < -0.4 is 0 Å². The lowest BCUT2D eigenvalue weighted by molar-refractivity contribution is 0.775. The molecule has 1 unspecified atom stereocenters. The smallest absolute Gasteiger partial charge is 0.0719 e. The van der Waals surface area contributed by atoms with Crippen molar-refractivity contribution in [2.75, 3.05) is 0 Å². The third kappa shape index (κ3) is 3.47. The standard InChI is InChI=1S/C45H28S/c1-2-14-32(15-3-1)45(39-20-7-6-17-36(39)37-28-25-29-11-4-5-16-35(29)44(37)45)33-26-23-30(24-27-33)34-18-10-22-41-43(34)38-19-8-12-31-13-9-21-40(46-41)42(31)38/h1-28H. The van der Waals surface area contributed by atoms with E-state index in [0.29, 0.717) is 0 Å². The van der Waals surface area contributed by atoms with Crippen molar-refractivity contribution < 1.29 is 0 Å². The van der Waals surface area contributed by atoms with Crippen molar-refractivity contribution in [2.24, 2.45) is 0 Å². The summed E-state index contributed by atoms with van der Waals surface area (Å²) < 4.78 is 0. The predicted octanol–water partition coefficient (Wildman–Crippen LogP) is 12.2. The van der Waals surface area contributed by atoms with Gasteiger partial charge in [-0.05, 0) is 78.4 Å². The first-order chi connectivity index (χ1) is 22.8. The van der Waals surface area contributed by atoms with Gasteiger partial charge in [0.25, 0.3) is 0 Å². The molecule has 0 nitrogen and oxygen atoms in total. The van der Waals surface area contributed by atoms with Crippen LogP contribution in [-0.4, -0.2) is 0 Å². The molecule has 0 aromatic heterocycles. The average molecular weight is 601 g/mol. The first-order valence-electron chi connectivity index (χ1n) is 15.9. The zero-order valence-electron chi connectivity index (χ0n) is 25.1. The van der Waals surface area contributed by atoms with Gasteiger partial charge in [0.15, 0.2) is 0 Å². The van der Waals surface area contributed by atoms with E-state index >= 15 is 0 Å². The fourth-order valence-corrected chi connectivity index (χ4v) is 9.47. The summed E-state index contributed by atoms with van der Waals surface area (Å²) in [7, 11) is 0. The monoisotopic (exact) mass is 600 g/mol. The van der Waals surface area contributed by atoms with Gasteiger partial charge in [0.1, 0.15) is 0 Å². The molecule has 1 aliphatic carbocycles. The van der Waals surface area contributed by atoms with Crippen LogP contribution in [0.1, 0.15) is 22.3 Å². The van der Waals surface area contributed by atoms with Crippen LogP contribution in [0.25, 0.3) is 54.9 Å². The van der Waals surface area contributed by atoms with Crippen molar-refractivity contribution in [3.63, 3.8) is 0 Å². The predicted molar refractivity (Wildman–Crippen MR) is 194 cm³/mol. The number of rotatable bonds is 3. The van der Waals surface area contributed by atoms with Crippen molar-refractivity contribution in [1.29, 1.82) is 0 Å². The van der Waals surface area contributed by atoms with Crippen LogP contribution in [0.15, 0.2) is 180 Å². The number of fused-ring (bicyclic) bond motifs is 7. The average Bonchev–Trinajstić information content (AvgIpc) is 3.44. The van der Waals surface area contributed by atoms with Crippen LogP contribution >= 0.6 is 11.8 Å². The molecule has 0 amide bonds. The molecule has 8 aromatic rings. The molecular formula is C45H28S. The molecule has 0 fully saturated rings. The van der Waals surface area contributed by atoms with E-state index in [2.05, 4.69) is 170 Å². The Morgan fingerprint density at radius 1 is 0.391 bits per heavy atom. The second-order valence-corrected chi connectivity index (χ2v) is 13.5. The highest BCUT2D eigenvalue weighted by molar-refractivity contribution is 7.99. The van der Waals surface area contributed by atoms with Gasteiger partial charge in [0.05, 0.1) is 5.41 Å². The largest absolute Gasteiger partial charge is 0.0888 e. The van der Waals surface area contributed by atoms with E-state index in [9.17, 15) is 0 Å². The highest BCUT2D eigenvalue weighted by atomic mass is 32.2.